The molecule has 0 aliphatic rings. The van der Waals surface area contributed by atoms with Crippen LogP contribution >= 0.6 is 11.8 Å². The maximum absolute atomic E-state index is 5.39. The lowest BCUT2D eigenvalue weighted by Gasteiger charge is -2.09. The molecule has 2 aromatic carbocycles. The Morgan fingerprint density at radius 2 is 1.83 bits per heavy atom. The number of aryl methyl sites for hydroxylation is 2. The van der Waals surface area contributed by atoms with E-state index in [0.29, 0.717) is 0 Å². The molecule has 23 heavy (non-hydrogen) atoms. The van der Waals surface area contributed by atoms with E-state index >= 15 is 0 Å². The van der Waals surface area contributed by atoms with Crippen molar-refractivity contribution in [1.82, 2.24) is 20.2 Å². The van der Waals surface area contributed by atoms with Gasteiger partial charge in [0.15, 0.2) is 0 Å². The summed E-state index contributed by atoms with van der Waals surface area (Å²) < 4.78 is 7.17. The van der Waals surface area contributed by atoms with Crippen molar-refractivity contribution in [2.75, 3.05) is 7.11 Å². The number of aromatic nitrogens is 4. The van der Waals surface area contributed by atoms with Crippen LogP contribution in [-0.4, -0.2) is 27.3 Å². The molecule has 0 fully saturated rings. The largest absolute Gasteiger partial charge is 0.496 e. The molecule has 0 saturated heterocycles. The van der Waals surface area contributed by atoms with Crippen molar-refractivity contribution in [3.05, 3.63) is 59.2 Å². The number of benzene rings is 2. The average Bonchev–Trinajstić information content (AvgIpc) is 3.00. The van der Waals surface area contributed by atoms with E-state index in [1.807, 2.05) is 18.2 Å². The van der Waals surface area contributed by atoms with E-state index in [1.165, 1.54) is 11.1 Å². The standard InChI is InChI=1S/C17H18N4OS/c1-12-8-13(2)10-15(9-12)21-17(18-19-20-21)23-11-14-6-4-5-7-16(14)22-3/h4-10H,11H2,1-3H3. The van der Waals surface area contributed by atoms with E-state index in [4.69, 9.17) is 4.74 Å². The van der Waals surface area contributed by atoms with Gasteiger partial charge in [0.2, 0.25) is 5.16 Å². The average molecular weight is 326 g/mol. The Morgan fingerprint density at radius 3 is 2.57 bits per heavy atom. The number of hydrogen-bond acceptors (Lipinski definition) is 5. The summed E-state index contributed by atoms with van der Waals surface area (Å²) in [5.74, 6) is 1.63. The minimum atomic E-state index is 0.745. The van der Waals surface area contributed by atoms with Crippen LogP contribution in [0.3, 0.4) is 0 Å². The molecule has 5 nitrogen and oxygen atoms in total. The molecule has 0 spiro atoms. The molecule has 3 rings (SSSR count). The molecule has 3 aromatic rings. The summed E-state index contributed by atoms with van der Waals surface area (Å²) in [4.78, 5) is 0. The molecule has 0 amide bonds. The molecule has 1 aromatic heterocycles. The highest BCUT2D eigenvalue weighted by Gasteiger charge is 2.11. The predicted octanol–water partition coefficient (Wildman–Crippen LogP) is 3.58. The van der Waals surface area contributed by atoms with E-state index in [0.717, 1.165) is 27.9 Å². The van der Waals surface area contributed by atoms with Crippen molar-refractivity contribution in [2.24, 2.45) is 0 Å². The van der Waals surface area contributed by atoms with Crippen molar-refractivity contribution in [1.29, 1.82) is 0 Å². The van der Waals surface area contributed by atoms with Crippen molar-refractivity contribution in [3.63, 3.8) is 0 Å². The van der Waals surface area contributed by atoms with Crippen molar-refractivity contribution in [2.45, 2.75) is 24.8 Å². The number of nitrogens with zero attached hydrogens (tertiary/aromatic N) is 4. The van der Waals surface area contributed by atoms with Crippen LogP contribution in [0.5, 0.6) is 5.75 Å². The van der Waals surface area contributed by atoms with Gasteiger partial charge in [-0.2, -0.15) is 4.68 Å². The van der Waals surface area contributed by atoms with Crippen LogP contribution < -0.4 is 4.74 Å². The fourth-order valence-corrected chi connectivity index (χ4v) is 3.35. The predicted molar refractivity (Wildman–Crippen MR) is 91.2 cm³/mol. The Bertz CT molecular complexity index is 796. The first-order valence-electron chi connectivity index (χ1n) is 7.29. The Labute approximate surface area is 139 Å². The molecule has 118 valence electrons. The van der Waals surface area contributed by atoms with Gasteiger partial charge in [-0.25, -0.2) is 0 Å². The molecule has 0 radical (unpaired) electrons. The molecular weight excluding hydrogens is 308 g/mol. The zero-order valence-electron chi connectivity index (χ0n) is 13.4. The third-order valence-corrected chi connectivity index (χ3v) is 4.41. The highest BCUT2D eigenvalue weighted by molar-refractivity contribution is 7.98. The van der Waals surface area contributed by atoms with Crippen LogP contribution in [0.1, 0.15) is 16.7 Å². The van der Waals surface area contributed by atoms with Crippen molar-refractivity contribution >= 4 is 11.8 Å². The lowest BCUT2D eigenvalue weighted by molar-refractivity contribution is 0.411. The summed E-state index contributed by atoms with van der Waals surface area (Å²) in [6, 6.07) is 14.3. The van der Waals surface area contributed by atoms with Crippen LogP contribution in [0.2, 0.25) is 0 Å². The second kappa shape index (κ2) is 6.83. The van der Waals surface area contributed by atoms with Crippen LogP contribution in [0.4, 0.5) is 0 Å². The summed E-state index contributed by atoms with van der Waals surface area (Å²) in [6.45, 7) is 4.14. The maximum atomic E-state index is 5.39. The second-order valence-corrected chi connectivity index (χ2v) is 6.26. The quantitative estimate of drug-likeness (QED) is 0.671. The molecule has 6 heteroatoms. The molecule has 0 N–H and O–H groups in total. The number of rotatable bonds is 5. The summed E-state index contributed by atoms with van der Waals surface area (Å²) in [7, 11) is 1.68. The van der Waals surface area contributed by atoms with E-state index in [1.54, 1.807) is 23.6 Å². The van der Waals surface area contributed by atoms with Gasteiger partial charge < -0.3 is 4.74 Å². The Kier molecular flexibility index (Phi) is 4.62. The monoisotopic (exact) mass is 326 g/mol. The number of thioether (sulfide) groups is 1. The third kappa shape index (κ3) is 3.53. The van der Waals surface area contributed by atoms with E-state index in [2.05, 4.69) is 53.6 Å². The van der Waals surface area contributed by atoms with Gasteiger partial charge in [0, 0.05) is 11.3 Å². The zero-order chi connectivity index (χ0) is 16.2. The maximum Gasteiger partial charge on any atom is 0.214 e. The molecule has 0 aliphatic heterocycles. The van der Waals surface area contributed by atoms with Crippen molar-refractivity contribution in [3.8, 4) is 11.4 Å². The highest BCUT2D eigenvalue weighted by atomic mass is 32.2. The molecule has 0 unspecified atom stereocenters. The van der Waals surface area contributed by atoms with Gasteiger partial charge in [0.05, 0.1) is 12.8 Å². The number of methoxy groups -OCH3 is 1. The molecule has 0 bridgehead atoms. The second-order valence-electron chi connectivity index (χ2n) is 5.32. The number of hydrogen-bond donors (Lipinski definition) is 0. The molecule has 0 saturated carbocycles. The molecular formula is C17H18N4OS. The number of para-hydroxylation sites is 1. The van der Waals surface area contributed by atoms with E-state index in [-0.39, 0.29) is 0 Å². The lowest BCUT2D eigenvalue weighted by atomic mass is 10.1. The van der Waals surface area contributed by atoms with Gasteiger partial charge in [0.25, 0.3) is 0 Å². The summed E-state index contributed by atoms with van der Waals surface area (Å²) in [6.07, 6.45) is 0. The van der Waals surface area contributed by atoms with E-state index in [9.17, 15) is 0 Å². The normalized spacial score (nSPS) is 10.7. The minimum Gasteiger partial charge on any atom is -0.496 e. The lowest BCUT2D eigenvalue weighted by Crippen LogP contribution is -2.00. The zero-order valence-corrected chi connectivity index (χ0v) is 14.2. The molecule has 0 atom stereocenters. The van der Waals surface area contributed by atoms with E-state index < -0.39 is 0 Å². The fraction of sp³-hybridized carbons (Fsp3) is 0.235. The van der Waals surface area contributed by atoms with Gasteiger partial charge >= 0.3 is 0 Å². The number of tetrazole rings is 1. The van der Waals surface area contributed by atoms with Gasteiger partial charge in [-0.15, -0.1) is 5.10 Å². The SMILES string of the molecule is COc1ccccc1CSc1nnnn1-c1cc(C)cc(C)c1. The summed E-state index contributed by atoms with van der Waals surface area (Å²) in [5.41, 5.74) is 4.48. The number of ether oxygens (including phenoxy) is 1. The molecule has 1 heterocycles. The Hall–Kier alpha value is -2.34. The van der Waals surface area contributed by atoms with Crippen LogP contribution in [0, 0.1) is 13.8 Å². The third-order valence-electron chi connectivity index (χ3n) is 3.44. The summed E-state index contributed by atoms with van der Waals surface area (Å²) >= 11 is 1.59. The van der Waals surface area contributed by atoms with Gasteiger partial charge in [-0.1, -0.05) is 36.0 Å². The smallest absolute Gasteiger partial charge is 0.214 e. The summed E-state index contributed by atoms with van der Waals surface area (Å²) in [5, 5.41) is 12.9. The fourth-order valence-electron chi connectivity index (χ4n) is 2.47. The Balaban J connectivity index is 1.84. The first-order chi connectivity index (χ1) is 11.2. The first kappa shape index (κ1) is 15.6. The van der Waals surface area contributed by atoms with Gasteiger partial charge in [-0.3, -0.25) is 0 Å². The molecule has 0 aliphatic carbocycles. The van der Waals surface area contributed by atoms with Crippen LogP contribution in [-0.2, 0) is 5.75 Å². The van der Waals surface area contributed by atoms with Crippen molar-refractivity contribution < 1.29 is 4.74 Å². The Morgan fingerprint density at radius 1 is 1.09 bits per heavy atom. The minimum absolute atomic E-state index is 0.745. The topological polar surface area (TPSA) is 52.8 Å². The first-order valence-corrected chi connectivity index (χ1v) is 8.27. The van der Waals surface area contributed by atoms with Gasteiger partial charge in [-0.05, 0) is 53.6 Å². The van der Waals surface area contributed by atoms with Crippen LogP contribution in [0.25, 0.3) is 5.69 Å². The highest BCUT2D eigenvalue weighted by Crippen LogP contribution is 2.27. The van der Waals surface area contributed by atoms with Crippen LogP contribution in [0.15, 0.2) is 47.6 Å². The van der Waals surface area contributed by atoms with Gasteiger partial charge in [0.1, 0.15) is 5.75 Å².